The maximum Gasteiger partial charge on any atom is 0.102 e. The average Bonchev–Trinajstić information content (AvgIpc) is 2.82. The molecule has 2 rings (SSSR count). The largest absolute Gasteiger partial charge is 0.192 e. The molecule has 0 aliphatic heterocycles. The summed E-state index contributed by atoms with van der Waals surface area (Å²) in [5.74, 6) is 0. The molecule has 0 amide bonds. The lowest BCUT2D eigenvalue weighted by molar-refractivity contribution is 1.54. The number of allylic oxidation sites excluding steroid dienone is 1. The molecule has 1 aromatic carbocycles. The molecule has 0 unspecified atom stereocenters. The van der Waals surface area contributed by atoms with Crippen molar-refractivity contribution in [2.45, 2.75) is 0 Å². The van der Waals surface area contributed by atoms with E-state index in [9.17, 15) is 5.26 Å². The fourth-order valence-corrected chi connectivity index (χ4v) is 3.02. The van der Waals surface area contributed by atoms with E-state index in [1.807, 2.05) is 17.5 Å². The van der Waals surface area contributed by atoms with Crippen LogP contribution in [-0.4, -0.2) is 0 Å². The Balaban J connectivity index is 2.58. The predicted octanol–water partition coefficient (Wildman–Crippen LogP) is 5.69. The Morgan fingerprint density at radius 1 is 1.17 bits per heavy atom. The van der Waals surface area contributed by atoms with Crippen molar-refractivity contribution in [2.75, 3.05) is 0 Å². The lowest BCUT2D eigenvalue weighted by Gasteiger charge is -2.04. The van der Waals surface area contributed by atoms with Crippen molar-refractivity contribution in [1.29, 1.82) is 5.26 Å². The second-order valence-electron chi connectivity index (χ2n) is 3.44. The number of benzene rings is 1. The Kier molecular flexibility index (Phi) is 4.31. The number of hydrogen-bond acceptors (Lipinski definition) is 2. The first-order valence-electron chi connectivity index (χ1n) is 4.92. The molecule has 0 spiro atoms. The summed E-state index contributed by atoms with van der Waals surface area (Å²) in [4.78, 5) is 0.818. The van der Waals surface area contributed by atoms with E-state index in [0.29, 0.717) is 26.2 Å². The number of nitriles is 1. The molecule has 1 aromatic heterocycles. The molecule has 18 heavy (non-hydrogen) atoms. The smallest absolute Gasteiger partial charge is 0.102 e. The molecule has 0 aliphatic rings. The van der Waals surface area contributed by atoms with E-state index in [2.05, 4.69) is 6.07 Å². The van der Waals surface area contributed by atoms with Gasteiger partial charge < -0.3 is 0 Å². The molecule has 1 heterocycles. The molecule has 0 saturated carbocycles. The topological polar surface area (TPSA) is 23.8 Å². The molecule has 2 aromatic rings. The molecule has 90 valence electrons. The second-order valence-corrected chi connectivity index (χ2v) is 5.63. The fraction of sp³-hybridized carbons (Fsp3) is 0. The van der Waals surface area contributed by atoms with Crippen LogP contribution in [0.3, 0.4) is 0 Å². The highest BCUT2D eigenvalue weighted by Gasteiger charge is 2.11. The molecule has 0 fully saturated rings. The fourth-order valence-electron chi connectivity index (χ4n) is 1.46. The third-order valence-corrected chi connectivity index (χ3v) is 3.95. The standard InChI is InChI=1S/C13H6Cl3NS/c14-9-4-8(5-10(15)6-9)13(16)11(7-17)12-2-1-3-18-12/h1-6H/b13-11-. The number of rotatable bonds is 2. The zero-order chi connectivity index (χ0) is 13.1. The van der Waals surface area contributed by atoms with Crippen molar-refractivity contribution < 1.29 is 0 Å². The van der Waals surface area contributed by atoms with Crippen LogP contribution in [-0.2, 0) is 0 Å². The lowest BCUT2D eigenvalue weighted by Crippen LogP contribution is -1.84. The van der Waals surface area contributed by atoms with Gasteiger partial charge in [0.05, 0.1) is 10.6 Å². The van der Waals surface area contributed by atoms with Crippen LogP contribution in [0.15, 0.2) is 35.7 Å². The van der Waals surface area contributed by atoms with E-state index in [1.165, 1.54) is 11.3 Å². The molecular formula is C13H6Cl3NS. The van der Waals surface area contributed by atoms with Crippen LogP contribution in [0.1, 0.15) is 10.4 Å². The monoisotopic (exact) mass is 313 g/mol. The van der Waals surface area contributed by atoms with Gasteiger partial charge in [-0.25, -0.2) is 0 Å². The van der Waals surface area contributed by atoms with Gasteiger partial charge in [0.1, 0.15) is 6.07 Å². The van der Waals surface area contributed by atoms with E-state index in [1.54, 1.807) is 18.2 Å². The average molecular weight is 315 g/mol. The Morgan fingerprint density at radius 2 is 1.83 bits per heavy atom. The summed E-state index contributed by atoms with van der Waals surface area (Å²) < 4.78 is 0. The summed E-state index contributed by atoms with van der Waals surface area (Å²) in [5.41, 5.74) is 1.06. The minimum absolute atomic E-state index is 0.351. The van der Waals surface area contributed by atoms with Crippen LogP contribution in [0.5, 0.6) is 0 Å². The molecule has 0 atom stereocenters. The van der Waals surface area contributed by atoms with E-state index in [4.69, 9.17) is 34.8 Å². The maximum absolute atomic E-state index is 9.22. The maximum atomic E-state index is 9.22. The van der Waals surface area contributed by atoms with Gasteiger partial charge in [-0.3, -0.25) is 0 Å². The zero-order valence-electron chi connectivity index (χ0n) is 8.95. The van der Waals surface area contributed by atoms with Crippen LogP contribution < -0.4 is 0 Å². The minimum atomic E-state index is 0.351. The highest BCUT2D eigenvalue weighted by atomic mass is 35.5. The van der Waals surface area contributed by atoms with Gasteiger partial charge in [0.2, 0.25) is 0 Å². The minimum Gasteiger partial charge on any atom is -0.192 e. The van der Waals surface area contributed by atoms with E-state index in [-0.39, 0.29) is 0 Å². The van der Waals surface area contributed by atoms with Gasteiger partial charge in [-0.2, -0.15) is 5.26 Å². The van der Waals surface area contributed by atoms with Gasteiger partial charge >= 0.3 is 0 Å². The van der Waals surface area contributed by atoms with Gasteiger partial charge in [0.25, 0.3) is 0 Å². The van der Waals surface area contributed by atoms with Crippen molar-refractivity contribution in [3.63, 3.8) is 0 Å². The summed E-state index contributed by atoms with van der Waals surface area (Å²) in [6.45, 7) is 0. The molecular weight excluding hydrogens is 309 g/mol. The third kappa shape index (κ3) is 2.88. The third-order valence-electron chi connectivity index (χ3n) is 2.21. The highest BCUT2D eigenvalue weighted by Crippen LogP contribution is 2.33. The quantitative estimate of drug-likeness (QED) is 0.654. The van der Waals surface area contributed by atoms with Crippen molar-refractivity contribution in [1.82, 2.24) is 0 Å². The first kappa shape index (κ1) is 13.5. The number of hydrogen-bond donors (Lipinski definition) is 0. The molecule has 0 N–H and O–H groups in total. The van der Waals surface area contributed by atoms with Gasteiger partial charge in [-0.1, -0.05) is 40.9 Å². The van der Waals surface area contributed by atoms with Gasteiger partial charge in [-0.05, 0) is 35.2 Å². The van der Waals surface area contributed by atoms with Crippen LogP contribution >= 0.6 is 46.1 Å². The second kappa shape index (κ2) is 5.77. The summed E-state index contributed by atoms with van der Waals surface area (Å²) in [6, 6.07) is 10.8. The van der Waals surface area contributed by atoms with Gasteiger partial charge in [-0.15, -0.1) is 11.3 Å². The van der Waals surface area contributed by atoms with E-state index in [0.717, 1.165) is 4.88 Å². The van der Waals surface area contributed by atoms with Gasteiger partial charge in [0.15, 0.2) is 0 Å². The van der Waals surface area contributed by atoms with Gasteiger partial charge in [0, 0.05) is 14.9 Å². The SMILES string of the molecule is N#C/C(=C(/Cl)c1cc(Cl)cc(Cl)c1)c1cccs1. The number of thiophene rings is 1. The first-order chi connectivity index (χ1) is 8.61. The first-order valence-corrected chi connectivity index (χ1v) is 6.93. The Bertz CT molecular complexity index is 619. The molecule has 0 aliphatic carbocycles. The van der Waals surface area contributed by atoms with Crippen molar-refractivity contribution in [3.05, 3.63) is 56.2 Å². The van der Waals surface area contributed by atoms with Crippen LogP contribution in [0.25, 0.3) is 10.6 Å². The van der Waals surface area contributed by atoms with E-state index < -0.39 is 0 Å². The van der Waals surface area contributed by atoms with Crippen LogP contribution in [0.4, 0.5) is 0 Å². The lowest BCUT2D eigenvalue weighted by atomic mass is 10.1. The Morgan fingerprint density at radius 3 is 2.33 bits per heavy atom. The molecule has 0 radical (unpaired) electrons. The molecule has 1 nitrogen and oxygen atoms in total. The normalized spacial score (nSPS) is 11.9. The number of nitrogens with zero attached hydrogens (tertiary/aromatic N) is 1. The summed E-state index contributed by atoms with van der Waals surface area (Å²) in [7, 11) is 0. The van der Waals surface area contributed by atoms with Crippen molar-refractivity contribution in [3.8, 4) is 6.07 Å². The summed E-state index contributed by atoms with van der Waals surface area (Å²) >= 11 is 19.6. The highest BCUT2D eigenvalue weighted by molar-refractivity contribution is 7.11. The predicted molar refractivity (Wildman–Crippen MR) is 79.1 cm³/mol. The summed E-state index contributed by atoms with van der Waals surface area (Å²) in [5, 5.41) is 12.4. The van der Waals surface area contributed by atoms with E-state index >= 15 is 0 Å². The molecule has 0 bridgehead atoms. The Labute approximate surface area is 124 Å². The van der Waals surface area contributed by atoms with Crippen LogP contribution in [0, 0.1) is 11.3 Å². The van der Waals surface area contributed by atoms with Crippen molar-refractivity contribution >= 4 is 56.7 Å². The summed E-state index contributed by atoms with van der Waals surface area (Å²) in [6.07, 6.45) is 0. The Hall–Kier alpha value is -0.980. The molecule has 0 saturated heterocycles. The molecule has 5 heteroatoms. The van der Waals surface area contributed by atoms with Crippen molar-refractivity contribution in [2.24, 2.45) is 0 Å². The van der Waals surface area contributed by atoms with Crippen LogP contribution in [0.2, 0.25) is 10.0 Å². The number of halogens is 3. The zero-order valence-corrected chi connectivity index (χ0v) is 12.0.